The summed E-state index contributed by atoms with van der Waals surface area (Å²) in [4.78, 5) is 18.6. The Bertz CT molecular complexity index is 1170. The number of pyridine rings is 1. The van der Waals surface area contributed by atoms with E-state index in [0.717, 1.165) is 0 Å². The SMILES string of the molecule is C[C@H]1Oc2cc(cnc2N)-c2c(noc2C#N)CN(C)C(=O)c2ccc(F)cc21. The average Bonchev–Trinajstić information content (AvgIpc) is 3.10. The second-order valence-electron chi connectivity index (χ2n) is 6.71. The Morgan fingerprint density at radius 1 is 1.38 bits per heavy atom. The van der Waals surface area contributed by atoms with Crippen LogP contribution >= 0.6 is 0 Å². The fourth-order valence-corrected chi connectivity index (χ4v) is 3.31. The fourth-order valence-electron chi connectivity index (χ4n) is 3.31. The van der Waals surface area contributed by atoms with Crippen LogP contribution in [0.3, 0.4) is 0 Å². The molecule has 0 radical (unpaired) electrons. The van der Waals surface area contributed by atoms with Crippen molar-refractivity contribution < 1.29 is 18.4 Å². The Morgan fingerprint density at radius 3 is 2.93 bits per heavy atom. The molecule has 4 rings (SSSR count). The van der Waals surface area contributed by atoms with Crippen LogP contribution < -0.4 is 10.5 Å². The average molecular weight is 393 g/mol. The highest BCUT2D eigenvalue weighted by molar-refractivity contribution is 5.95. The zero-order chi connectivity index (χ0) is 20.7. The van der Waals surface area contributed by atoms with Crippen LogP contribution in [-0.2, 0) is 6.54 Å². The monoisotopic (exact) mass is 393 g/mol. The Labute approximate surface area is 165 Å². The molecule has 1 atom stereocenters. The first-order valence-electron chi connectivity index (χ1n) is 8.75. The number of nitriles is 1. The lowest BCUT2D eigenvalue weighted by molar-refractivity contribution is 0.0777. The fraction of sp³-hybridized carbons (Fsp3) is 0.200. The van der Waals surface area contributed by atoms with Crippen molar-refractivity contribution in [2.45, 2.75) is 19.6 Å². The predicted molar refractivity (Wildman–Crippen MR) is 100 cm³/mol. The summed E-state index contributed by atoms with van der Waals surface area (Å²) >= 11 is 0. The van der Waals surface area contributed by atoms with E-state index in [1.54, 1.807) is 20.0 Å². The molecule has 1 aliphatic rings. The van der Waals surface area contributed by atoms with E-state index in [1.165, 1.54) is 29.3 Å². The molecule has 0 aliphatic carbocycles. The number of halogens is 1. The third kappa shape index (κ3) is 3.14. The third-order valence-corrected chi connectivity index (χ3v) is 4.75. The molecule has 1 aromatic carbocycles. The highest BCUT2D eigenvalue weighted by Gasteiger charge is 2.27. The van der Waals surface area contributed by atoms with Crippen LogP contribution in [0.2, 0.25) is 0 Å². The quantitative estimate of drug-likeness (QED) is 0.623. The molecule has 0 spiro atoms. The van der Waals surface area contributed by atoms with E-state index in [1.807, 2.05) is 6.07 Å². The minimum absolute atomic E-state index is 0.00838. The van der Waals surface area contributed by atoms with Crippen molar-refractivity contribution in [3.8, 4) is 22.9 Å². The number of carbonyl (C=O) groups excluding carboxylic acids is 1. The van der Waals surface area contributed by atoms with E-state index in [2.05, 4.69) is 10.1 Å². The maximum absolute atomic E-state index is 13.9. The number of rotatable bonds is 0. The summed E-state index contributed by atoms with van der Waals surface area (Å²) in [5.41, 5.74) is 7.92. The van der Waals surface area contributed by atoms with Gasteiger partial charge in [0.2, 0.25) is 5.76 Å². The Hall–Kier alpha value is -3.93. The minimum atomic E-state index is -0.686. The molecule has 9 heteroatoms. The zero-order valence-electron chi connectivity index (χ0n) is 15.6. The largest absolute Gasteiger partial charge is 0.482 e. The van der Waals surface area contributed by atoms with Gasteiger partial charge in [0.05, 0.1) is 12.1 Å². The highest BCUT2D eigenvalue weighted by Crippen LogP contribution is 2.35. The molecule has 1 amide bonds. The number of nitrogens with two attached hydrogens (primary N) is 1. The van der Waals surface area contributed by atoms with Gasteiger partial charge in [-0.05, 0) is 31.2 Å². The van der Waals surface area contributed by atoms with Gasteiger partial charge in [0.15, 0.2) is 11.6 Å². The van der Waals surface area contributed by atoms with E-state index in [0.29, 0.717) is 22.4 Å². The van der Waals surface area contributed by atoms with Crippen LogP contribution in [0.15, 0.2) is 35.0 Å². The summed E-state index contributed by atoms with van der Waals surface area (Å²) in [6.45, 7) is 1.76. The molecule has 2 bridgehead atoms. The van der Waals surface area contributed by atoms with Crippen LogP contribution in [0.4, 0.5) is 10.2 Å². The molecule has 3 aromatic rings. The molecule has 3 heterocycles. The number of nitrogens with zero attached hydrogens (tertiary/aromatic N) is 4. The number of fused-ring (bicyclic) bond motifs is 5. The summed E-state index contributed by atoms with van der Waals surface area (Å²) in [5.74, 6) is -0.485. The van der Waals surface area contributed by atoms with Crippen molar-refractivity contribution in [2.24, 2.45) is 0 Å². The van der Waals surface area contributed by atoms with E-state index >= 15 is 0 Å². The van der Waals surface area contributed by atoms with Gasteiger partial charge in [-0.3, -0.25) is 4.79 Å². The van der Waals surface area contributed by atoms with Gasteiger partial charge in [-0.2, -0.15) is 5.26 Å². The normalized spacial score (nSPS) is 16.0. The van der Waals surface area contributed by atoms with Gasteiger partial charge in [0.25, 0.3) is 5.91 Å². The smallest absolute Gasteiger partial charge is 0.254 e. The van der Waals surface area contributed by atoms with Crippen LogP contribution in [0.5, 0.6) is 5.75 Å². The molecule has 1 aliphatic heterocycles. The van der Waals surface area contributed by atoms with E-state index < -0.39 is 11.9 Å². The Balaban J connectivity index is 1.96. The summed E-state index contributed by atoms with van der Waals surface area (Å²) in [5, 5.41) is 13.3. The van der Waals surface area contributed by atoms with E-state index in [4.69, 9.17) is 15.0 Å². The molecular formula is C20H16FN5O3. The van der Waals surface area contributed by atoms with Gasteiger partial charge in [-0.1, -0.05) is 5.16 Å². The van der Waals surface area contributed by atoms with Gasteiger partial charge in [-0.25, -0.2) is 9.37 Å². The van der Waals surface area contributed by atoms with Crippen molar-refractivity contribution in [3.63, 3.8) is 0 Å². The van der Waals surface area contributed by atoms with Crippen molar-refractivity contribution in [3.05, 3.63) is 58.9 Å². The molecule has 29 heavy (non-hydrogen) atoms. The van der Waals surface area contributed by atoms with Crippen LogP contribution in [0, 0.1) is 17.1 Å². The number of hydrogen-bond donors (Lipinski definition) is 1. The second kappa shape index (κ2) is 6.91. The second-order valence-corrected chi connectivity index (χ2v) is 6.71. The molecular weight excluding hydrogens is 377 g/mol. The van der Waals surface area contributed by atoms with Crippen LogP contribution in [0.1, 0.15) is 40.4 Å². The topological polar surface area (TPSA) is 118 Å². The van der Waals surface area contributed by atoms with Gasteiger partial charge in [0, 0.05) is 29.9 Å². The van der Waals surface area contributed by atoms with Crippen molar-refractivity contribution >= 4 is 11.7 Å². The van der Waals surface area contributed by atoms with Crippen LogP contribution in [-0.4, -0.2) is 28.0 Å². The molecule has 0 unspecified atom stereocenters. The lowest BCUT2D eigenvalue weighted by Crippen LogP contribution is -2.28. The Kier molecular flexibility index (Phi) is 4.39. The number of benzene rings is 1. The number of carbonyl (C=O) groups is 1. The maximum atomic E-state index is 13.9. The molecule has 2 N–H and O–H groups in total. The standard InChI is InChI=1S/C20H16FN5O3/c1-10-14-6-12(21)3-4-13(14)20(27)26(2)9-15-18(17(7-22)29-25-15)11-5-16(28-10)19(23)24-8-11/h3-6,8,10H,9H2,1-2H3,(H2,23,24)/t10-/m1/s1. The van der Waals surface area contributed by atoms with Gasteiger partial charge < -0.3 is 19.9 Å². The van der Waals surface area contributed by atoms with Crippen molar-refractivity contribution in [1.29, 1.82) is 5.26 Å². The number of amides is 1. The third-order valence-electron chi connectivity index (χ3n) is 4.75. The number of hydrogen-bond acceptors (Lipinski definition) is 7. The number of aromatic nitrogens is 2. The molecule has 146 valence electrons. The first-order valence-corrected chi connectivity index (χ1v) is 8.75. The zero-order valence-corrected chi connectivity index (χ0v) is 15.6. The molecule has 0 saturated carbocycles. The van der Waals surface area contributed by atoms with Crippen molar-refractivity contribution in [2.75, 3.05) is 12.8 Å². The summed E-state index contributed by atoms with van der Waals surface area (Å²) < 4.78 is 25.0. The van der Waals surface area contributed by atoms with Gasteiger partial charge in [-0.15, -0.1) is 0 Å². The first-order chi connectivity index (χ1) is 13.9. The lowest BCUT2D eigenvalue weighted by atomic mass is 10.0. The number of anilines is 1. The van der Waals surface area contributed by atoms with E-state index in [9.17, 15) is 14.4 Å². The summed E-state index contributed by atoms with van der Waals surface area (Å²) in [6.07, 6.45) is 0.791. The van der Waals surface area contributed by atoms with Crippen molar-refractivity contribution in [1.82, 2.24) is 15.0 Å². The molecule has 0 fully saturated rings. The highest BCUT2D eigenvalue weighted by atomic mass is 19.1. The predicted octanol–water partition coefficient (Wildman–Crippen LogP) is 3.06. The summed E-state index contributed by atoms with van der Waals surface area (Å²) in [6, 6.07) is 7.47. The molecule has 0 saturated heterocycles. The number of ether oxygens (including phenoxy) is 1. The lowest BCUT2D eigenvalue weighted by Gasteiger charge is -2.23. The van der Waals surface area contributed by atoms with Gasteiger partial charge in [0.1, 0.15) is 23.7 Å². The summed E-state index contributed by atoms with van der Waals surface area (Å²) in [7, 11) is 1.59. The van der Waals surface area contributed by atoms with E-state index in [-0.39, 0.29) is 35.3 Å². The maximum Gasteiger partial charge on any atom is 0.254 e. The first kappa shape index (κ1) is 18.4. The van der Waals surface area contributed by atoms with Crippen LogP contribution in [0.25, 0.3) is 11.1 Å². The van der Waals surface area contributed by atoms with Gasteiger partial charge >= 0.3 is 0 Å². The molecule has 8 nitrogen and oxygen atoms in total. The minimum Gasteiger partial charge on any atom is -0.482 e. The Morgan fingerprint density at radius 2 is 2.17 bits per heavy atom. The molecule has 2 aromatic heterocycles. The number of nitrogen functional groups attached to an aromatic ring is 1.